The van der Waals surface area contributed by atoms with E-state index in [0.717, 1.165) is 12.8 Å². The summed E-state index contributed by atoms with van der Waals surface area (Å²) in [6.07, 6.45) is 14.9. The van der Waals surface area contributed by atoms with Gasteiger partial charge in [0.2, 0.25) is 0 Å². The van der Waals surface area contributed by atoms with Gasteiger partial charge in [-0.2, -0.15) is 0 Å². The molecule has 0 aliphatic carbocycles. The maximum atomic E-state index is 12.0. The molecule has 212 valence electrons. The minimum atomic E-state index is -4.57. The summed E-state index contributed by atoms with van der Waals surface area (Å²) in [5.41, 5.74) is 0. The monoisotopic (exact) mass is 538 g/mol. The average molecular weight is 539 g/mol. The number of carbonyl (C=O) groups excluding carboxylic acids is 2. The highest BCUT2D eigenvalue weighted by Crippen LogP contribution is 2.43. The Balaban J connectivity index is 4.13. The van der Waals surface area contributed by atoms with Gasteiger partial charge in [-0.15, -0.1) is 0 Å². The van der Waals surface area contributed by atoms with Gasteiger partial charge in [0.1, 0.15) is 12.7 Å². The molecule has 0 aliphatic rings. The number of allylic oxidation sites excluding steroid dienone is 1. The van der Waals surface area contributed by atoms with Crippen molar-refractivity contribution in [2.45, 2.75) is 110 Å². The maximum absolute atomic E-state index is 12.0. The molecule has 0 saturated heterocycles. The molecule has 36 heavy (non-hydrogen) atoms. The first-order valence-electron chi connectivity index (χ1n) is 13.1. The van der Waals surface area contributed by atoms with Crippen molar-refractivity contribution in [1.29, 1.82) is 0 Å². The van der Waals surface area contributed by atoms with Crippen LogP contribution in [0.5, 0.6) is 0 Å². The number of carbonyl (C=O) groups is 2. The second-order valence-corrected chi connectivity index (χ2v) is 10.1. The SMILES string of the molecule is CCCCCCCCCCCC/C=C/CC(=O)OC[C@H](COP(=O)(O)OC[C@@H](O)CO)OC(=O)CC. The summed E-state index contributed by atoms with van der Waals surface area (Å²) in [7, 11) is -4.57. The largest absolute Gasteiger partial charge is 0.472 e. The van der Waals surface area contributed by atoms with Gasteiger partial charge in [0.25, 0.3) is 0 Å². The standard InChI is InChI=1S/C25H47O10P/c1-3-5-6-7-8-9-10-11-12-13-14-15-16-17-25(29)32-20-23(35-24(28)4-2)21-34-36(30,31)33-19-22(27)18-26/h15-16,22-23,26-27H,3-14,17-21H2,1-2H3,(H,30,31)/b16-15+/t22-,23+/m0/s1. The molecule has 3 N–H and O–H groups in total. The van der Waals surface area contributed by atoms with E-state index >= 15 is 0 Å². The molecular formula is C25H47O10P. The van der Waals surface area contributed by atoms with Gasteiger partial charge >= 0.3 is 19.8 Å². The maximum Gasteiger partial charge on any atom is 0.472 e. The van der Waals surface area contributed by atoms with Crippen molar-refractivity contribution in [3.63, 3.8) is 0 Å². The number of unbranched alkanes of at least 4 members (excludes halogenated alkanes) is 10. The Hall–Kier alpha value is -1.29. The van der Waals surface area contributed by atoms with Crippen LogP contribution in [0.2, 0.25) is 0 Å². The van der Waals surface area contributed by atoms with E-state index in [9.17, 15) is 24.2 Å². The number of hydrogen-bond acceptors (Lipinski definition) is 9. The number of ether oxygens (including phenoxy) is 2. The fourth-order valence-corrected chi connectivity index (χ4v) is 3.91. The van der Waals surface area contributed by atoms with Crippen LogP contribution < -0.4 is 0 Å². The highest BCUT2D eigenvalue weighted by Gasteiger charge is 2.26. The summed E-state index contributed by atoms with van der Waals surface area (Å²) in [5.74, 6) is -1.12. The van der Waals surface area contributed by atoms with E-state index in [-0.39, 0.29) is 19.4 Å². The molecule has 0 saturated carbocycles. The van der Waals surface area contributed by atoms with Gasteiger partial charge in [-0.3, -0.25) is 18.6 Å². The second kappa shape index (κ2) is 22.9. The van der Waals surface area contributed by atoms with Crippen molar-refractivity contribution in [3.8, 4) is 0 Å². The zero-order valence-electron chi connectivity index (χ0n) is 22.0. The fraction of sp³-hybridized carbons (Fsp3) is 0.840. The van der Waals surface area contributed by atoms with Crippen LogP contribution in [0.25, 0.3) is 0 Å². The highest BCUT2D eigenvalue weighted by atomic mass is 31.2. The van der Waals surface area contributed by atoms with Gasteiger partial charge in [0.15, 0.2) is 6.10 Å². The van der Waals surface area contributed by atoms with Gasteiger partial charge < -0.3 is 24.6 Å². The molecule has 0 rings (SSSR count). The number of phosphoric acid groups is 1. The summed E-state index contributed by atoms with van der Waals surface area (Å²) >= 11 is 0. The molecule has 0 aromatic heterocycles. The first-order valence-corrected chi connectivity index (χ1v) is 14.6. The Morgan fingerprint density at radius 3 is 2.00 bits per heavy atom. The first kappa shape index (κ1) is 34.7. The second-order valence-electron chi connectivity index (χ2n) is 8.69. The topological polar surface area (TPSA) is 149 Å². The van der Waals surface area contributed by atoms with Crippen LogP contribution >= 0.6 is 7.82 Å². The molecule has 0 heterocycles. The number of rotatable bonds is 24. The lowest BCUT2D eigenvalue weighted by atomic mass is 10.1. The third-order valence-corrected chi connectivity index (χ3v) is 6.21. The Kier molecular flexibility index (Phi) is 22.1. The Morgan fingerprint density at radius 2 is 1.42 bits per heavy atom. The van der Waals surface area contributed by atoms with Gasteiger partial charge in [0.05, 0.1) is 26.2 Å². The summed E-state index contributed by atoms with van der Waals surface area (Å²) < 4.78 is 31.3. The molecular weight excluding hydrogens is 491 g/mol. The van der Waals surface area contributed by atoms with E-state index in [1.165, 1.54) is 57.8 Å². The van der Waals surface area contributed by atoms with E-state index in [2.05, 4.69) is 11.4 Å². The molecule has 0 fully saturated rings. The Morgan fingerprint density at radius 1 is 0.833 bits per heavy atom. The summed E-state index contributed by atoms with van der Waals surface area (Å²) in [5, 5.41) is 17.9. The summed E-state index contributed by atoms with van der Waals surface area (Å²) in [6.45, 7) is 1.61. The molecule has 11 heteroatoms. The Bertz CT molecular complexity index is 640. The zero-order chi connectivity index (χ0) is 27.1. The van der Waals surface area contributed by atoms with E-state index in [4.69, 9.17) is 19.1 Å². The fourth-order valence-electron chi connectivity index (χ4n) is 3.12. The van der Waals surface area contributed by atoms with Crippen LogP contribution in [0, 0.1) is 0 Å². The molecule has 0 aromatic rings. The summed E-state index contributed by atoms with van der Waals surface area (Å²) in [6, 6.07) is 0. The van der Waals surface area contributed by atoms with Gasteiger partial charge in [0, 0.05) is 6.42 Å². The van der Waals surface area contributed by atoms with Crippen LogP contribution in [-0.2, 0) is 32.7 Å². The highest BCUT2D eigenvalue weighted by molar-refractivity contribution is 7.47. The van der Waals surface area contributed by atoms with Crippen molar-refractivity contribution in [2.75, 3.05) is 26.4 Å². The summed E-state index contributed by atoms with van der Waals surface area (Å²) in [4.78, 5) is 33.2. The molecule has 3 atom stereocenters. The smallest absolute Gasteiger partial charge is 0.461 e. The van der Waals surface area contributed by atoms with Crippen molar-refractivity contribution in [2.24, 2.45) is 0 Å². The zero-order valence-corrected chi connectivity index (χ0v) is 22.9. The molecule has 1 unspecified atom stereocenters. The van der Waals surface area contributed by atoms with Crippen LogP contribution in [0.4, 0.5) is 0 Å². The van der Waals surface area contributed by atoms with Crippen LogP contribution in [0.15, 0.2) is 12.2 Å². The van der Waals surface area contributed by atoms with Gasteiger partial charge in [-0.05, 0) is 12.8 Å². The quantitative estimate of drug-likeness (QED) is 0.0689. The molecule has 0 spiro atoms. The third kappa shape index (κ3) is 21.9. The molecule has 0 bridgehead atoms. The number of esters is 2. The number of aliphatic hydroxyl groups is 2. The lowest BCUT2D eigenvalue weighted by Crippen LogP contribution is -2.29. The van der Waals surface area contributed by atoms with Crippen LogP contribution in [0.1, 0.15) is 97.3 Å². The van der Waals surface area contributed by atoms with E-state index in [1.807, 2.05) is 6.08 Å². The van der Waals surface area contributed by atoms with Crippen LogP contribution in [-0.4, -0.2) is 65.7 Å². The van der Waals surface area contributed by atoms with E-state index in [0.29, 0.717) is 0 Å². The minimum Gasteiger partial charge on any atom is -0.461 e. The Labute approximate surface area is 216 Å². The predicted molar refractivity (Wildman–Crippen MR) is 136 cm³/mol. The minimum absolute atomic E-state index is 0.0577. The third-order valence-electron chi connectivity index (χ3n) is 5.26. The lowest BCUT2D eigenvalue weighted by molar-refractivity contribution is -0.160. The predicted octanol–water partition coefficient (Wildman–Crippen LogP) is 4.60. The van der Waals surface area contributed by atoms with Crippen LogP contribution in [0.3, 0.4) is 0 Å². The van der Waals surface area contributed by atoms with Crippen molar-refractivity contribution in [1.82, 2.24) is 0 Å². The van der Waals surface area contributed by atoms with Gasteiger partial charge in [-0.1, -0.05) is 83.8 Å². The molecule has 0 radical (unpaired) electrons. The van der Waals surface area contributed by atoms with Crippen molar-refractivity contribution in [3.05, 3.63) is 12.2 Å². The molecule has 10 nitrogen and oxygen atoms in total. The molecule has 0 amide bonds. The lowest BCUT2D eigenvalue weighted by Gasteiger charge is -2.20. The number of aliphatic hydroxyl groups excluding tert-OH is 2. The molecule has 0 aromatic carbocycles. The van der Waals surface area contributed by atoms with E-state index < -0.39 is 51.8 Å². The number of phosphoric ester groups is 1. The average Bonchev–Trinajstić information content (AvgIpc) is 2.86. The van der Waals surface area contributed by atoms with Crippen molar-refractivity contribution < 1.29 is 47.8 Å². The molecule has 0 aliphatic heterocycles. The van der Waals surface area contributed by atoms with Crippen molar-refractivity contribution >= 4 is 19.8 Å². The first-order chi connectivity index (χ1) is 17.2. The van der Waals surface area contributed by atoms with Gasteiger partial charge in [-0.25, -0.2) is 4.57 Å². The van der Waals surface area contributed by atoms with E-state index in [1.54, 1.807) is 13.0 Å². The normalized spacial score (nSPS) is 14.9. The number of hydrogen-bond donors (Lipinski definition) is 3.